The number of nitrogens with zero attached hydrogens (tertiary/aromatic N) is 2. The fourth-order valence-corrected chi connectivity index (χ4v) is 2.66. The molecule has 0 saturated heterocycles. The molecule has 24 heavy (non-hydrogen) atoms. The molecule has 7 heteroatoms. The molecule has 0 spiro atoms. The second-order valence-corrected chi connectivity index (χ2v) is 5.48. The smallest absolute Gasteiger partial charge is 0.277 e. The van der Waals surface area contributed by atoms with Gasteiger partial charge in [0.25, 0.3) is 5.91 Å². The van der Waals surface area contributed by atoms with E-state index in [0.717, 1.165) is 11.3 Å². The first-order valence-electron chi connectivity index (χ1n) is 7.33. The number of nitrogens with one attached hydrogen (secondary N) is 1. The lowest BCUT2D eigenvalue weighted by atomic mass is 10.1. The van der Waals surface area contributed by atoms with Gasteiger partial charge in [-0.2, -0.15) is 0 Å². The van der Waals surface area contributed by atoms with Crippen LogP contribution in [0.25, 0.3) is 11.5 Å². The van der Waals surface area contributed by atoms with Crippen LogP contribution in [0.15, 0.2) is 51.6 Å². The van der Waals surface area contributed by atoms with Gasteiger partial charge in [0.15, 0.2) is 11.5 Å². The molecule has 2 aromatic heterocycles. The largest absolute Gasteiger partial charge is 0.461 e. The molecule has 1 aliphatic rings. The number of rotatable bonds is 3. The molecule has 7 nitrogen and oxygen atoms in total. The topological polar surface area (TPSA) is 88.6 Å². The molecule has 120 valence electrons. The first kappa shape index (κ1) is 14.3. The van der Waals surface area contributed by atoms with E-state index in [4.69, 9.17) is 8.94 Å². The molecular formula is C17H13N3O4. The number of hydrogen-bond donors (Lipinski definition) is 1. The van der Waals surface area contributed by atoms with Crippen LogP contribution < -0.4 is 10.2 Å². The SMILES string of the molecule is CN1C(=O)Cc2cc(NC(=O)c3cc(-c4ccco4)on3)ccc21. The number of benzene rings is 1. The highest BCUT2D eigenvalue weighted by Gasteiger charge is 2.24. The maximum Gasteiger partial charge on any atom is 0.277 e. The van der Waals surface area contributed by atoms with Crippen molar-refractivity contribution < 1.29 is 18.5 Å². The van der Waals surface area contributed by atoms with Crippen molar-refractivity contribution in [3.8, 4) is 11.5 Å². The van der Waals surface area contributed by atoms with E-state index in [2.05, 4.69) is 10.5 Å². The van der Waals surface area contributed by atoms with Gasteiger partial charge in [-0.25, -0.2) is 0 Å². The molecule has 0 radical (unpaired) electrons. The maximum absolute atomic E-state index is 12.3. The number of likely N-dealkylation sites (N-methyl/N-ethyl adjacent to an activating group) is 1. The van der Waals surface area contributed by atoms with Crippen LogP contribution in [0.4, 0.5) is 11.4 Å². The van der Waals surface area contributed by atoms with Crippen molar-refractivity contribution in [3.05, 3.63) is 53.9 Å². The third-order valence-electron chi connectivity index (χ3n) is 3.92. The van der Waals surface area contributed by atoms with Crippen LogP contribution >= 0.6 is 0 Å². The molecule has 0 fully saturated rings. The number of anilines is 2. The normalized spacial score (nSPS) is 13.2. The molecule has 0 saturated carbocycles. The molecule has 3 heterocycles. The van der Waals surface area contributed by atoms with Gasteiger partial charge in [-0.1, -0.05) is 5.16 Å². The third kappa shape index (κ3) is 2.36. The number of amides is 2. The Hall–Kier alpha value is -3.35. The molecule has 4 rings (SSSR count). The van der Waals surface area contributed by atoms with Crippen molar-refractivity contribution >= 4 is 23.2 Å². The molecule has 0 atom stereocenters. The van der Waals surface area contributed by atoms with Crippen molar-refractivity contribution in [2.45, 2.75) is 6.42 Å². The average molecular weight is 323 g/mol. The van der Waals surface area contributed by atoms with Gasteiger partial charge in [-0.05, 0) is 35.9 Å². The zero-order valence-corrected chi connectivity index (χ0v) is 12.8. The summed E-state index contributed by atoms with van der Waals surface area (Å²) >= 11 is 0. The van der Waals surface area contributed by atoms with Crippen LogP contribution in [0.1, 0.15) is 16.1 Å². The highest BCUT2D eigenvalue weighted by atomic mass is 16.5. The van der Waals surface area contributed by atoms with Crippen molar-refractivity contribution in [2.24, 2.45) is 0 Å². The predicted octanol–water partition coefficient (Wildman–Crippen LogP) is 2.71. The minimum absolute atomic E-state index is 0.0352. The van der Waals surface area contributed by atoms with Gasteiger partial charge >= 0.3 is 0 Å². The average Bonchev–Trinajstić information content (AvgIpc) is 3.29. The van der Waals surface area contributed by atoms with Crippen LogP contribution in [0.2, 0.25) is 0 Å². The lowest BCUT2D eigenvalue weighted by Crippen LogP contribution is -2.20. The number of carbonyl (C=O) groups is 2. The quantitative estimate of drug-likeness (QED) is 0.800. The van der Waals surface area contributed by atoms with Gasteiger partial charge in [-0.3, -0.25) is 9.59 Å². The van der Waals surface area contributed by atoms with E-state index >= 15 is 0 Å². The van der Waals surface area contributed by atoms with E-state index in [0.29, 0.717) is 23.6 Å². The van der Waals surface area contributed by atoms with Gasteiger partial charge < -0.3 is 19.2 Å². The molecule has 0 unspecified atom stereocenters. The summed E-state index contributed by atoms with van der Waals surface area (Å²) in [4.78, 5) is 25.6. The Kier molecular flexibility index (Phi) is 3.19. The number of furan rings is 1. The van der Waals surface area contributed by atoms with Crippen LogP contribution in [0, 0.1) is 0 Å². The Morgan fingerprint density at radius 2 is 2.12 bits per heavy atom. The van der Waals surface area contributed by atoms with Crippen LogP contribution in [0.5, 0.6) is 0 Å². The Bertz CT molecular complexity index is 927. The Morgan fingerprint density at radius 3 is 2.92 bits per heavy atom. The fraction of sp³-hybridized carbons (Fsp3) is 0.118. The van der Waals surface area contributed by atoms with E-state index < -0.39 is 5.91 Å². The fourth-order valence-electron chi connectivity index (χ4n) is 2.66. The summed E-state index contributed by atoms with van der Waals surface area (Å²) in [5.74, 6) is 0.522. The van der Waals surface area contributed by atoms with E-state index in [1.807, 2.05) is 6.07 Å². The molecule has 2 amide bonds. The molecule has 1 aliphatic heterocycles. The van der Waals surface area contributed by atoms with Gasteiger partial charge in [0.2, 0.25) is 11.7 Å². The van der Waals surface area contributed by atoms with E-state index in [9.17, 15) is 9.59 Å². The zero-order valence-electron chi connectivity index (χ0n) is 12.8. The van der Waals surface area contributed by atoms with Gasteiger partial charge in [0.05, 0.1) is 12.7 Å². The monoisotopic (exact) mass is 323 g/mol. The van der Waals surface area contributed by atoms with Crippen molar-refractivity contribution in [1.29, 1.82) is 0 Å². The summed E-state index contributed by atoms with van der Waals surface area (Å²) in [6, 6.07) is 10.3. The molecule has 1 aromatic carbocycles. The first-order valence-corrected chi connectivity index (χ1v) is 7.33. The summed E-state index contributed by atoms with van der Waals surface area (Å²) in [5.41, 5.74) is 2.50. The molecule has 3 aromatic rings. The van der Waals surface area contributed by atoms with Crippen LogP contribution in [-0.4, -0.2) is 24.0 Å². The first-order chi connectivity index (χ1) is 11.6. The summed E-state index contributed by atoms with van der Waals surface area (Å²) in [6.07, 6.45) is 1.85. The standard InChI is InChI=1S/C17H13N3O4/c1-20-13-5-4-11(7-10(13)8-16(20)21)18-17(22)12-9-15(24-19-12)14-3-2-6-23-14/h2-7,9H,8H2,1H3,(H,18,22). The van der Waals surface area contributed by atoms with E-state index in [1.165, 1.54) is 12.3 Å². The number of hydrogen-bond acceptors (Lipinski definition) is 5. The molecule has 1 N–H and O–H groups in total. The van der Waals surface area contributed by atoms with Crippen LogP contribution in [-0.2, 0) is 11.2 Å². The lowest BCUT2D eigenvalue weighted by molar-refractivity contribution is -0.117. The van der Waals surface area contributed by atoms with E-state index in [1.54, 1.807) is 36.2 Å². The Balaban J connectivity index is 1.53. The van der Waals surface area contributed by atoms with Crippen LogP contribution in [0.3, 0.4) is 0 Å². The number of aromatic nitrogens is 1. The molecule has 0 bridgehead atoms. The lowest BCUT2D eigenvalue weighted by Gasteiger charge is -2.10. The summed E-state index contributed by atoms with van der Waals surface area (Å²) < 4.78 is 10.3. The molecular weight excluding hydrogens is 310 g/mol. The van der Waals surface area contributed by atoms with Crippen molar-refractivity contribution in [2.75, 3.05) is 17.3 Å². The summed E-state index contributed by atoms with van der Waals surface area (Å²) in [6.45, 7) is 0. The van der Waals surface area contributed by atoms with Gasteiger partial charge in [0.1, 0.15) is 0 Å². The second kappa shape index (κ2) is 5.38. The predicted molar refractivity (Wildman–Crippen MR) is 85.7 cm³/mol. The van der Waals surface area contributed by atoms with Gasteiger partial charge in [-0.15, -0.1) is 0 Å². The van der Waals surface area contributed by atoms with Crippen molar-refractivity contribution in [3.63, 3.8) is 0 Å². The second-order valence-electron chi connectivity index (χ2n) is 5.48. The third-order valence-corrected chi connectivity index (χ3v) is 3.92. The maximum atomic E-state index is 12.3. The van der Waals surface area contributed by atoms with Crippen molar-refractivity contribution in [1.82, 2.24) is 5.16 Å². The Labute approximate surface area is 136 Å². The highest BCUT2D eigenvalue weighted by molar-refractivity contribution is 6.05. The Morgan fingerprint density at radius 1 is 1.25 bits per heavy atom. The number of carbonyl (C=O) groups excluding carboxylic acids is 2. The minimum Gasteiger partial charge on any atom is -0.461 e. The molecule has 0 aliphatic carbocycles. The highest BCUT2D eigenvalue weighted by Crippen LogP contribution is 2.30. The summed E-state index contributed by atoms with van der Waals surface area (Å²) in [7, 11) is 1.73. The summed E-state index contributed by atoms with van der Waals surface area (Å²) in [5, 5.41) is 6.51. The minimum atomic E-state index is -0.394. The zero-order chi connectivity index (χ0) is 16.7. The van der Waals surface area contributed by atoms with Gasteiger partial charge in [0, 0.05) is 24.5 Å². The van der Waals surface area contributed by atoms with E-state index in [-0.39, 0.29) is 11.6 Å². The number of fused-ring (bicyclic) bond motifs is 1.